The maximum Gasteiger partial charge on any atom is 0.144 e. The Morgan fingerprint density at radius 1 is 1.12 bits per heavy atom. The molecule has 0 bridgehead atoms. The first-order chi connectivity index (χ1) is 11.4. The van der Waals surface area contributed by atoms with Crippen molar-refractivity contribution in [3.63, 3.8) is 0 Å². The number of nitrogens with one attached hydrogen (secondary N) is 2. The molecule has 2 heterocycles. The lowest BCUT2D eigenvalue weighted by Gasteiger charge is -2.18. The zero-order valence-electron chi connectivity index (χ0n) is 13.1. The van der Waals surface area contributed by atoms with Gasteiger partial charge >= 0.3 is 0 Å². The van der Waals surface area contributed by atoms with Crippen LogP contribution in [0.25, 0.3) is 0 Å². The predicted molar refractivity (Wildman–Crippen MR) is 89.1 cm³/mol. The molecule has 1 atom stereocenters. The Labute approximate surface area is 142 Å². The second-order valence-electron chi connectivity index (χ2n) is 5.47. The van der Waals surface area contributed by atoms with E-state index in [1.165, 1.54) is 24.3 Å². The van der Waals surface area contributed by atoms with E-state index in [1.807, 2.05) is 6.92 Å². The molecule has 24 heavy (non-hydrogen) atoms. The van der Waals surface area contributed by atoms with Gasteiger partial charge in [0.1, 0.15) is 29.3 Å². The van der Waals surface area contributed by atoms with Crippen molar-refractivity contribution in [3.8, 4) is 0 Å². The number of anilines is 1. The SMILES string of the molecule is Cc1cnc([C@H](Nc2ccc(F)c(C)n2)c2ccc(F)c(Cl)c2)[nH]1. The van der Waals surface area contributed by atoms with E-state index in [-0.39, 0.29) is 16.5 Å². The van der Waals surface area contributed by atoms with Gasteiger partial charge in [-0.2, -0.15) is 0 Å². The van der Waals surface area contributed by atoms with Gasteiger partial charge in [0.15, 0.2) is 0 Å². The highest BCUT2D eigenvalue weighted by Crippen LogP contribution is 2.27. The van der Waals surface area contributed by atoms with Crippen LogP contribution >= 0.6 is 11.6 Å². The average molecular weight is 349 g/mol. The molecule has 0 aliphatic rings. The number of hydrogen-bond donors (Lipinski definition) is 2. The van der Waals surface area contributed by atoms with Crippen LogP contribution in [-0.4, -0.2) is 15.0 Å². The van der Waals surface area contributed by atoms with Crippen LogP contribution in [0.3, 0.4) is 0 Å². The molecule has 7 heteroatoms. The Morgan fingerprint density at radius 3 is 2.50 bits per heavy atom. The number of rotatable bonds is 4. The molecular weight excluding hydrogens is 334 g/mol. The highest BCUT2D eigenvalue weighted by atomic mass is 35.5. The van der Waals surface area contributed by atoms with Gasteiger partial charge in [0.05, 0.1) is 10.7 Å². The minimum atomic E-state index is -0.495. The molecule has 0 saturated heterocycles. The van der Waals surface area contributed by atoms with Gasteiger partial charge in [-0.3, -0.25) is 0 Å². The third-order valence-electron chi connectivity index (χ3n) is 3.59. The third kappa shape index (κ3) is 3.38. The van der Waals surface area contributed by atoms with Gasteiger partial charge in [0, 0.05) is 11.9 Å². The lowest BCUT2D eigenvalue weighted by atomic mass is 10.1. The van der Waals surface area contributed by atoms with Gasteiger partial charge in [-0.15, -0.1) is 0 Å². The van der Waals surface area contributed by atoms with Crippen molar-refractivity contribution < 1.29 is 8.78 Å². The minimum Gasteiger partial charge on any atom is -0.356 e. The van der Waals surface area contributed by atoms with Gasteiger partial charge in [0.2, 0.25) is 0 Å². The molecule has 4 nitrogen and oxygen atoms in total. The summed E-state index contributed by atoms with van der Waals surface area (Å²) < 4.78 is 26.9. The number of pyridine rings is 1. The summed E-state index contributed by atoms with van der Waals surface area (Å²) in [5, 5.41) is 3.21. The topological polar surface area (TPSA) is 53.6 Å². The first-order valence-corrected chi connectivity index (χ1v) is 7.68. The number of benzene rings is 1. The Morgan fingerprint density at radius 2 is 1.88 bits per heavy atom. The van der Waals surface area contributed by atoms with Gasteiger partial charge in [0.25, 0.3) is 0 Å². The number of imidazole rings is 1. The fourth-order valence-corrected chi connectivity index (χ4v) is 2.54. The first-order valence-electron chi connectivity index (χ1n) is 7.30. The Hall–Kier alpha value is -2.47. The summed E-state index contributed by atoms with van der Waals surface area (Å²) >= 11 is 5.90. The van der Waals surface area contributed by atoms with Crippen molar-refractivity contribution in [2.24, 2.45) is 0 Å². The van der Waals surface area contributed by atoms with Crippen molar-refractivity contribution in [2.75, 3.05) is 5.32 Å². The van der Waals surface area contributed by atoms with Gasteiger partial charge < -0.3 is 10.3 Å². The summed E-state index contributed by atoms with van der Waals surface area (Å²) in [6.07, 6.45) is 1.69. The molecular formula is C17H15ClF2N4. The van der Waals surface area contributed by atoms with Crippen molar-refractivity contribution in [1.82, 2.24) is 15.0 Å². The van der Waals surface area contributed by atoms with Crippen LogP contribution in [0.5, 0.6) is 0 Å². The Kier molecular flexibility index (Phi) is 4.49. The summed E-state index contributed by atoms with van der Waals surface area (Å²) in [4.78, 5) is 11.6. The van der Waals surface area contributed by atoms with E-state index in [0.29, 0.717) is 17.2 Å². The molecule has 0 spiro atoms. The van der Waals surface area contributed by atoms with E-state index >= 15 is 0 Å². The Bertz CT molecular complexity index is 879. The largest absolute Gasteiger partial charge is 0.356 e. The number of nitrogens with zero attached hydrogens (tertiary/aromatic N) is 2. The molecule has 3 aromatic rings. The second kappa shape index (κ2) is 6.57. The molecule has 2 aromatic heterocycles. The smallest absolute Gasteiger partial charge is 0.144 e. The molecule has 0 aliphatic carbocycles. The Balaban J connectivity index is 2.01. The zero-order chi connectivity index (χ0) is 17.3. The molecule has 1 aromatic carbocycles. The summed E-state index contributed by atoms with van der Waals surface area (Å²) in [5.74, 6) is 0.230. The molecule has 0 fully saturated rings. The van der Waals surface area contributed by atoms with Crippen molar-refractivity contribution in [3.05, 3.63) is 76.0 Å². The fourth-order valence-electron chi connectivity index (χ4n) is 2.35. The highest BCUT2D eigenvalue weighted by Gasteiger charge is 2.19. The van der Waals surface area contributed by atoms with Crippen LogP contribution in [-0.2, 0) is 0 Å². The van der Waals surface area contributed by atoms with Crippen LogP contribution in [0, 0.1) is 25.5 Å². The third-order valence-corrected chi connectivity index (χ3v) is 3.88. The van der Waals surface area contributed by atoms with Crippen LogP contribution in [0.4, 0.5) is 14.6 Å². The average Bonchev–Trinajstić information content (AvgIpc) is 2.97. The molecule has 0 radical (unpaired) electrons. The number of aromatic amines is 1. The first kappa shape index (κ1) is 16.4. The number of aromatic nitrogens is 3. The van der Waals surface area contributed by atoms with E-state index < -0.39 is 11.9 Å². The molecule has 0 unspecified atom stereocenters. The van der Waals surface area contributed by atoms with E-state index in [2.05, 4.69) is 20.3 Å². The summed E-state index contributed by atoms with van der Waals surface area (Å²) in [5.41, 5.74) is 1.87. The monoisotopic (exact) mass is 348 g/mol. The van der Waals surface area contributed by atoms with Crippen molar-refractivity contribution >= 4 is 17.4 Å². The second-order valence-corrected chi connectivity index (χ2v) is 5.87. The van der Waals surface area contributed by atoms with Crippen LogP contribution in [0.1, 0.15) is 28.8 Å². The number of H-pyrrole nitrogens is 1. The maximum atomic E-state index is 13.5. The minimum absolute atomic E-state index is 0.0193. The van der Waals surface area contributed by atoms with Crippen LogP contribution in [0.15, 0.2) is 36.5 Å². The standard InChI is InChI=1S/C17H15ClF2N4/c1-9-8-21-17(22-9)16(11-3-4-14(20)12(18)7-11)24-15-6-5-13(19)10(2)23-15/h3-8,16H,1-2H3,(H,21,22)(H,23,24)/t16-/m1/s1. The highest BCUT2D eigenvalue weighted by molar-refractivity contribution is 6.30. The summed E-state index contributed by atoms with van der Waals surface area (Å²) in [6, 6.07) is 6.89. The van der Waals surface area contributed by atoms with E-state index in [9.17, 15) is 8.78 Å². The van der Waals surface area contributed by atoms with E-state index in [0.717, 1.165) is 5.69 Å². The lowest BCUT2D eigenvalue weighted by Crippen LogP contribution is -2.15. The quantitative estimate of drug-likeness (QED) is 0.727. The van der Waals surface area contributed by atoms with Gasteiger partial charge in [-0.05, 0) is 43.7 Å². The molecule has 0 amide bonds. The maximum absolute atomic E-state index is 13.5. The van der Waals surface area contributed by atoms with Crippen molar-refractivity contribution in [1.29, 1.82) is 0 Å². The van der Waals surface area contributed by atoms with E-state index in [4.69, 9.17) is 11.6 Å². The number of aryl methyl sites for hydroxylation is 2. The lowest BCUT2D eigenvalue weighted by molar-refractivity contribution is 0.609. The van der Waals surface area contributed by atoms with Crippen LogP contribution < -0.4 is 5.32 Å². The zero-order valence-corrected chi connectivity index (χ0v) is 13.8. The normalized spacial score (nSPS) is 12.2. The number of hydrogen-bond acceptors (Lipinski definition) is 3. The summed E-state index contributed by atoms with van der Waals surface area (Å²) in [7, 11) is 0. The van der Waals surface area contributed by atoms with Gasteiger partial charge in [-0.1, -0.05) is 17.7 Å². The van der Waals surface area contributed by atoms with Crippen molar-refractivity contribution in [2.45, 2.75) is 19.9 Å². The molecule has 0 saturated carbocycles. The molecule has 0 aliphatic heterocycles. The molecule has 2 N–H and O–H groups in total. The van der Waals surface area contributed by atoms with Gasteiger partial charge in [-0.25, -0.2) is 18.7 Å². The molecule has 124 valence electrons. The fraction of sp³-hybridized carbons (Fsp3) is 0.176. The van der Waals surface area contributed by atoms with Crippen LogP contribution in [0.2, 0.25) is 5.02 Å². The summed E-state index contributed by atoms with van der Waals surface area (Å²) in [6.45, 7) is 3.47. The number of halogens is 3. The predicted octanol–water partition coefficient (Wildman–Crippen LogP) is 4.55. The molecule has 3 rings (SSSR count). The van der Waals surface area contributed by atoms with E-state index in [1.54, 1.807) is 19.2 Å².